The standard InChI is InChI=1S/C21H15ClF3N5/c1-12-18(22)15-7-2-3-8-16(15)29-19(12)27-13-5-4-6-14(11-13)28-20-26-10-9-17(30-20)21(23,24)25/h2-11H,1H3,(H,27,29)(H,26,28,30). The van der Waals surface area contributed by atoms with Crippen molar-refractivity contribution < 1.29 is 13.2 Å². The van der Waals surface area contributed by atoms with Crippen molar-refractivity contribution in [3.63, 3.8) is 0 Å². The Morgan fingerprint density at radius 2 is 1.63 bits per heavy atom. The number of para-hydroxylation sites is 1. The van der Waals surface area contributed by atoms with Gasteiger partial charge >= 0.3 is 6.18 Å². The normalized spacial score (nSPS) is 11.5. The first kappa shape index (κ1) is 19.9. The van der Waals surface area contributed by atoms with E-state index in [1.807, 2.05) is 37.3 Å². The highest BCUT2D eigenvalue weighted by Gasteiger charge is 2.32. The first-order valence-corrected chi connectivity index (χ1v) is 9.28. The zero-order valence-corrected chi connectivity index (χ0v) is 16.4. The van der Waals surface area contributed by atoms with Crippen LogP contribution in [-0.2, 0) is 6.18 Å². The van der Waals surface area contributed by atoms with Gasteiger partial charge < -0.3 is 10.6 Å². The zero-order valence-electron chi connectivity index (χ0n) is 15.6. The molecule has 0 bridgehead atoms. The van der Waals surface area contributed by atoms with Crippen LogP contribution in [-0.4, -0.2) is 15.0 Å². The third-order valence-electron chi connectivity index (χ3n) is 4.38. The highest BCUT2D eigenvalue weighted by atomic mass is 35.5. The molecule has 2 N–H and O–H groups in total. The van der Waals surface area contributed by atoms with Crippen molar-refractivity contribution in [1.82, 2.24) is 15.0 Å². The molecule has 4 aromatic rings. The van der Waals surface area contributed by atoms with Crippen molar-refractivity contribution in [2.45, 2.75) is 13.1 Å². The summed E-state index contributed by atoms with van der Waals surface area (Å²) in [5.41, 5.74) is 1.72. The number of benzene rings is 2. The zero-order chi connectivity index (χ0) is 21.3. The number of pyridine rings is 1. The minimum Gasteiger partial charge on any atom is -0.340 e. The first-order valence-electron chi connectivity index (χ1n) is 8.90. The molecule has 0 unspecified atom stereocenters. The molecule has 2 heterocycles. The van der Waals surface area contributed by atoms with Crippen LogP contribution < -0.4 is 10.6 Å². The average molecular weight is 430 g/mol. The number of fused-ring (bicyclic) bond motifs is 1. The van der Waals surface area contributed by atoms with Gasteiger partial charge in [-0.2, -0.15) is 13.2 Å². The van der Waals surface area contributed by atoms with Gasteiger partial charge in [-0.1, -0.05) is 35.9 Å². The van der Waals surface area contributed by atoms with Gasteiger partial charge in [0.15, 0.2) is 0 Å². The molecular formula is C21H15ClF3N5. The van der Waals surface area contributed by atoms with E-state index < -0.39 is 11.9 Å². The molecule has 2 aromatic heterocycles. The van der Waals surface area contributed by atoms with Crippen LogP contribution in [0.15, 0.2) is 60.8 Å². The third-order valence-corrected chi connectivity index (χ3v) is 4.87. The lowest BCUT2D eigenvalue weighted by Gasteiger charge is -2.13. The van der Waals surface area contributed by atoms with Crippen molar-refractivity contribution in [2.24, 2.45) is 0 Å². The molecule has 0 saturated heterocycles. The minimum atomic E-state index is -4.54. The van der Waals surface area contributed by atoms with E-state index in [1.165, 1.54) is 0 Å². The molecule has 0 radical (unpaired) electrons. The Morgan fingerprint density at radius 1 is 0.900 bits per heavy atom. The van der Waals surface area contributed by atoms with Crippen molar-refractivity contribution in [1.29, 1.82) is 0 Å². The van der Waals surface area contributed by atoms with Crippen molar-refractivity contribution in [3.8, 4) is 0 Å². The Morgan fingerprint density at radius 3 is 2.40 bits per heavy atom. The first-order chi connectivity index (χ1) is 14.3. The molecule has 4 rings (SSSR count). The van der Waals surface area contributed by atoms with Gasteiger partial charge in [0.05, 0.1) is 10.5 Å². The molecule has 0 spiro atoms. The second-order valence-electron chi connectivity index (χ2n) is 6.51. The molecule has 9 heteroatoms. The third kappa shape index (κ3) is 4.13. The van der Waals surface area contributed by atoms with Crippen LogP contribution in [0.1, 0.15) is 11.3 Å². The predicted octanol–water partition coefficient (Wildman–Crippen LogP) is 6.49. The minimum absolute atomic E-state index is 0.148. The van der Waals surface area contributed by atoms with Gasteiger partial charge in [0.2, 0.25) is 5.95 Å². The average Bonchev–Trinajstić information content (AvgIpc) is 2.72. The molecule has 2 aromatic carbocycles. The van der Waals surface area contributed by atoms with Crippen LogP contribution in [0.25, 0.3) is 10.9 Å². The molecule has 0 atom stereocenters. The van der Waals surface area contributed by atoms with Gasteiger partial charge in [-0.05, 0) is 37.3 Å². The summed E-state index contributed by atoms with van der Waals surface area (Å²) >= 11 is 6.49. The van der Waals surface area contributed by atoms with Gasteiger partial charge in [0, 0.05) is 28.5 Å². The van der Waals surface area contributed by atoms with E-state index >= 15 is 0 Å². The van der Waals surface area contributed by atoms with Gasteiger partial charge in [0.1, 0.15) is 11.5 Å². The molecule has 5 nitrogen and oxygen atoms in total. The number of nitrogens with one attached hydrogen (secondary N) is 2. The maximum atomic E-state index is 12.8. The van der Waals surface area contributed by atoms with E-state index in [4.69, 9.17) is 11.6 Å². The largest absolute Gasteiger partial charge is 0.433 e. The molecule has 0 amide bonds. The summed E-state index contributed by atoms with van der Waals surface area (Å²) in [6.45, 7) is 1.86. The van der Waals surface area contributed by atoms with E-state index in [0.717, 1.165) is 28.7 Å². The summed E-state index contributed by atoms with van der Waals surface area (Å²) in [6.07, 6.45) is -3.48. The Kier molecular flexibility index (Phi) is 5.17. The number of aromatic nitrogens is 3. The van der Waals surface area contributed by atoms with E-state index in [0.29, 0.717) is 22.2 Å². The smallest absolute Gasteiger partial charge is 0.340 e. The number of anilines is 4. The van der Waals surface area contributed by atoms with Crippen LogP contribution in [0, 0.1) is 6.92 Å². The number of rotatable bonds is 4. The van der Waals surface area contributed by atoms with Crippen LogP contribution in [0.5, 0.6) is 0 Å². The summed E-state index contributed by atoms with van der Waals surface area (Å²) in [5.74, 6) is 0.441. The lowest BCUT2D eigenvalue weighted by atomic mass is 10.1. The monoisotopic (exact) mass is 429 g/mol. The van der Waals surface area contributed by atoms with Crippen LogP contribution in [0.3, 0.4) is 0 Å². The maximum absolute atomic E-state index is 12.8. The van der Waals surface area contributed by atoms with Gasteiger partial charge in [-0.3, -0.25) is 0 Å². The van der Waals surface area contributed by atoms with Gasteiger partial charge in [-0.15, -0.1) is 0 Å². The topological polar surface area (TPSA) is 62.7 Å². The Labute approximate surface area is 175 Å². The summed E-state index contributed by atoms with van der Waals surface area (Å²) < 4.78 is 38.5. The summed E-state index contributed by atoms with van der Waals surface area (Å²) in [5, 5.41) is 7.47. The van der Waals surface area contributed by atoms with E-state index in [-0.39, 0.29) is 5.95 Å². The predicted molar refractivity (Wildman–Crippen MR) is 112 cm³/mol. The molecule has 0 aliphatic carbocycles. The van der Waals surface area contributed by atoms with Crippen LogP contribution >= 0.6 is 11.6 Å². The molecule has 0 saturated carbocycles. The Hall–Kier alpha value is -3.39. The molecular weight excluding hydrogens is 415 g/mol. The fourth-order valence-corrected chi connectivity index (χ4v) is 3.16. The van der Waals surface area contributed by atoms with Crippen molar-refractivity contribution >= 4 is 45.6 Å². The number of hydrogen-bond donors (Lipinski definition) is 2. The highest BCUT2D eigenvalue weighted by Crippen LogP contribution is 2.32. The molecule has 0 aliphatic heterocycles. The highest BCUT2D eigenvalue weighted by molar-refractivity contribution is 6.36. The maximum Gasteiger partial charge on any atom is 0.433 e. The van der Waals surface area contributed by atoms with Crippen molar-refractivity contribution in [2.75, 3.05) is 10.6 Å². The lowest BCUT2D eigenvalue weighted by Crippen LogP contribution is -2.10. The number of halogens is 4. The number of alkyl halides is 3. The number of hydrogen-bond acceptors (Lipinski definition) is 5. The fraction of sp³-hybridized carbons (Fsp3) is 0.0952. The molecule has 0 fully saturated rings. The van der Waals surface area contributed by atoms with Crippen LogP contribution in [0.4, 0.5) is 36.3 Å². The van der Waals surface area contributed by atoms with Crippen molar-refractivity contribution in [3.05, 3.63) is 77.1 Å². The SMILES string of the molecule is Cc1c(Nc2cccc(Nc3nccc(C(F)(F)F)n3)c2)nc2ccccc2c1Cl. The van der Waals surface area contributed by atoms with E-state index in [2.05, 4.69) is 25.6 Å². The van der Waals surface area contributed by atoms with Gasteiger partial charge in [-0.25, -0.2) is 15.0 Å². The van der Waals surface area contributed by atoms with E-state index in [9.17, 15) is 13.2 Å². The second kappa shape index (κ2) is 7.79. The molecule has 30 heavy (non-hydrogen) atoms. The number of nitrogens with zero attached hydrogens (tertiary/aromatic N) is 3. The second-order valence-corrected chi connectivity index (χ2v) is 6.89. The Bertz CT molecular complexity index is 1230. The molecule has 152 valence electrons. The summed E-state index contributed by atoms with van der Waals surface area (Å²) in [4.78, 5) is 12.0. The fourth-order valence-electron chi connectivity index (χ4n) is 2.91. The van der Waals surface area contributed by atoms with Gasteiger partial charge in [0.25, 0.3) is 0 Å². The summed E-state index contributed by atoms with van der Waals surface area (Å²) in [6, 6.07) is 15.3. The summed E-state index contributed by atoms with van der Waals surface area (Å²) in [7, 11) is 0. The van der Waals surface area contributed by atoms with Crippen LogP contribution in [0.2, 0.25) is 5.02 Å². The lowest BCUT2D eigenvalue weighted by molar-refractivity contribution is -0.141. The Balaban J connectivity index is 1.61. The molecule has 0 aliphatic rings. The van der Waals surface area contributed by atoms with E-state index in [1.54, 1.807) is 18.2 Å². The quantitative estimate of drug-likeness (QED) is 0.388.